The highest BCUT2D eigenvalue weighted by molar-refractivity contribution is 5.90. The highest BCUT2D eigenvalue weighted by Gasteiger charge is 2.40. The minimum atomic E-state index is -0.324. The van der Waals surface area contributed by atoms with Crippen molar-refractivity contribution in [1.82, 2.24) is 10.2 Å². The third-order valence-corrected chi connectivity index (χ3v) is 3.52. The first kappa shape index (κ1) is 11.3. The lowest BCUT2D eigenvalue weighted by Gasteiger charge is -2.22. The molecule has 1 unspecified atom stereocenters. The van der Waals surface area contributed by atoms with E-state index in [1.54, 1.807) is 17.2 Å². The maximum Gasteiger partial charge on any atom is 0.245 e. The molecule has 1 aromatic heterocycles. The topological polar surface area (TPSA) is 62.6 Å². The molecule has 2 amide bonds. The van der Waals surface area contributed by atoms with E-state index in [9.17, 15) is 9.59 Å². The zero-order chi connectivity index (χ0) is 12.5. The molecule has 0 radical (unpaired) electrons. The van der Waals surface area contributed by atoms with E-state index in [4.69, 9.17) is 4.42 Å². The second-order valence-electron chi connectivity index (χ2n) is 4.97. The van der Waals surface area contributed by atoms with E-state index >= 15 is 0 Å². The number of furan rings is 1. The number of nitrogens with one attached hydrogen (secondary N) is 1. The summed E-state index contributed by atoms with van der Waals surface area (Å²) in [7, 11) is 0. The Hall–Kier alpha value is -1.78. The minimum absolute atomic E-state index is 0.0257. The average molecular weight is 248 g/mol. The fourth-order valence-electron chi connectivity index (χ4n) is 2.35. The van der Waals surface area contributed by atoms with Crippen molar-refractivity contribution in [2.24, 2.45) is 5.92 Å². The molecule has 1 saturated heterocycles. The van der Waals surface area contributed by atoms with Gasteiger partial charge in [0.25, 0.3) is 0 Å². The summed E-state index contributed by atoms with van der Waals surface area (Å²) >= 11 is 0. The van der Waals surface area contributed by atoms with Crippen LogP contribution in [0.4, 0.5) is 0 Å². The summed E-state index contributed by atoms with van der Waals surface area (Å²) in [6.07, 6.45) is 4.03. The van der Waals surface area contributed by atoms with Gasteiger partial charge in [-0.3, -0.25) is 9.59 Å². The van der Waals surface area contributed by atoms with Gasteiger partial charge in [0, 0.05) is 13.0 Å². The summed E-state index contributed by atoms with van der Waals surface area (Å²) < 4.78 is 5.26. The Balaban J connectivity index is 1.75. The van der Waals surface area contributed by atoms with Crippen LogP contribution in [0.25, 0.3) is 0 Å². The highest BCUT2D eigenvalue weighted by atomic mass is 16.3. The fourth-order valence-corrected chi connectivity index (χ4v) is 2.35. The van der Waals surface area contributed by atoms with Crippen molar-refractivity contribution in [3.8, 4) is 0 Å². The lowest BCUT2D eigenvalue weighted by molar-refractivity contribution is -0.134. The summed E-state index contributed by atoms with van der Waals surface area (Å²) in [5.41, 5.74) is 0. The summed E-state index contributed by atoms with van der Waals surface area (Å²) in [5.74, 6) is 1.09. The Morgan fingerprint density at radius 3 is 2.89 bits per heavy atom. The van der Waals surface area contributed by atoms with Gasteiger partial charge in [-0.25, -0.2) is 0 Å². The van der Waals surface area contributed by atoms with E-state index in [2.05, 4.69) is 5.32 Å². The Kier molecular flexibility index (Phi) is 2.81. The van der Waals surface area contributed by atoms with Crippen LogP contribution < -0.4 is 5.32 Å². The molecule has 1 saturated carbocycles. The van der Waals surface area contributed by atoms with E-state index in [1.165, 1.54) is 0 Å². The summed E-state index contributed by atoms with van der Waals surface area (Å²) in [5, 5.41) is 2.84. The van der Waals surface area contributed by atoms with E-state index in [1.807, 2.05) is 6.07 Å². The first-order valence-electron chi connectivity index (χ1n) is 6.34. The van der Waals surface area contributed by atoms with Crippen LogP contribution in [-0.2, 0) is 16.1 Å². The lowest BCUT2D eigenvalue weighted by atomic mass is 10.1. The number of hydrogen-bond donors (Lipinski definition) is 1. The summed E-state index contributed by atoms with van der Waals surface area (Å²) in [6, 6.07) is 3.33. The maximum absolute atomic E-state index is 12.4. The number of amides is 2. The molecule has 96 valence electrons. The predicted octanol–water partition coefficient (Wildman–Crippen LogP) is 0.907. The van der Waals surface area contributed by atoms with Crippen LogP contribution in [0, 0.1) is 5.92 Å². The van der Waals surface area contributed by atoms with Crippen molar-refractivity contribution < 1.29 is 14.0 Å². The van der Waals surface area contributed by atoms with Crippen molar-refractivity contribution >= 4 is 11.8 Å². The van der Waals surface area contributed by atoms with E-state index in [0.717, 1.165) is 18.6 Å². The predicted molar refractivity (Wildman–Crippen MR) is 63.4 cm³/mol. The molecule has 2 heterocycles. The van der Waals surface area contributed by atoms with Crippen molar-refractivity contribution in [2.45, 2.75) is 31.8 Å². The molecule has 1 atom stereocenters. The second-order valence-corrected chi connectivity index (χ2v) is 4.97. The molecule has 0 spiro atoms. The molecule has 0 aromatic carbocycles. The van der Waals surface area contributed by atoms with Gasteiger partial charge in [-0.2, -0.15) is 0 Å². The number of carbonyl (C=O) groups is 2. The molecule has 1 aromatic rings. The van der Waals surface area contributed by atoms with E-state index < -0.39 is 0 Å². The first-order valence-corrected chi connectivity index (χ1v) is 6.34. The SMILES string of the molecule is O=C1CCN(Cc2ccco2)C(=O)C(C2CC2)N1. The standard InChI is InChI=1S/C13H16N2O3/c16-11-5-6-15(8-10-2-1-7-18-10)13(17)12(14-11)9-3-4-9/h1-2,7,9,12H,3-6,8H2,(H,14,16). The van der Waals surface area contributed by atoms with Crippen LogP contribution in [0.1, 0.15) is 25.0 Å². The van der Waals surface area contributed by atoms with Gasteiger partial charge in [-0.05, 0) is 30.9 Å². The molecule has 0 bridgehead atoms. The fraction of sp³-hybridized carbons (Fsp3) is 0.538. The molecule has 1 N–H and O–H groups in total. The molecule has 1 aliphatic carbocycles. The van der Waals surface area contributed by atoms with Crippen LogP contribution in [0.2, 0.25) is 0 Å². The Morgan fingerprint density at radius 1 is 1.39 bits per heavy atom. The molecule has 2 fully saturated rings. The summed E-state index contributed by atoms with van der Waals surface area (Å²) in [4.78, 5) is 25.7. The van der Waals surface area contributed by atoms with Crippen LogP contribution in [-0.4, -0.2) is 29.3 Å². The number of nitrogens with zero attached hydrogens (tertiary/aromatic N) is 1. The van der Waals surface area contributed by atoms with Crippen LogP contribution in [0.5, 0.6) is 0 Å². The van der Waals surface area contributed by atoms with Gasteiger partial charge in [-0.1, -0.05) is 0 Å². The Labute approximate surface area is 105 Å². The average Bonchev–Trinajstić information content (AvgIpc) is 3.09. The van der Waals surface area contributed by atoms with Crippen LogP contribution in [0.3, 0.4) is 0 Å². The summed E-state index contributed by atoms with van der Waals surface area (Å²) in [6.45, 7) is 0.915. The van der Waals surface area contributed by atoms with Crippen LogP contribution >= 0.6 is 0 Å². The Bertz CT molecular complexity index is 451. The number of hydrogen-bond acceptors (Lipinski definition) is 3. The zero-order valence-corrected chi connectivity index (χ0v) is 10.1. The van der Waals surface area contributed by atoms with Gasteiger partial charge in [-0.15, -0.1) is 0 Å². The van der Waals surface area contributed by atoms with Crippen molar-refractivity contribution in [2.75, 3.05) is 6.54 Å². The first-order chi connectivity index (χ1) is 8.74. The number of rotatable bonds is 3. The monoisotopic (exact) mass is 248 g/mol. The van der Waals surface area contributed by atoms with Gasteiger partial charge in [0.1, 0.15) is 11.8 Å². The highest BCUT2D eigenvalue weighted by Crippen LogP contribution is 2.34. The van der Waals surface area contributed by atoms with Gasteiger partial charge in [0.2, 0.25) is 11.8 Å². The van der Waals surface area contributed by atoms with Gasteiger partial charge >= 0.3 is 0 Å². The van der Waals surface area contributed by atoms with E-state index in [0.29, 0.717) is 25.4 Å². The normalized spacial score (nSPS) is 24.9. The quantitative estimate of drug-likeness (QED) is 0.864. The third kappa shape index (κ3) is 2.25. The largest absolute Gasteiger partial charge is 0.467 e. The molecule has 3 rings (SSSR count). The van der Waals surface area contributed by atoms with E-state index in [-0.39, 0.29) is 17.9 Å². The van der Waals surface area contributed by atoms with Gasteiger partial charge in [0.05, 0.1) is 12.8 Å². The van der Waals surface area contributed by atoms with Crippen molar-refractivity contribution in [3.05, 3.63) is 24.2 Å². The van der Waals surface area contributed by atoms with Crippen molar-refractivity contribution in [1.29, 1.82) is 0 Å². The second kappa shape index (κ2) is 4.48. The third-order valence-electron chi connectivity index (χ3n) is 3.52. The number of carbonyl (C=O) groups excluding carboxylic acids is 2. The molecule has 1 aliphatic heterocycles. The van der Waals surface area contributed by atoms with Crippen LogP contribution in [0.15, 0.2) is 22.8 Å². The molecule has 2 aliphatic rings. The maximum atomic E-state index is 12.4. The smallest absolute Gasteiger partial charge is 0.245 e. The molecular weight excluding hydrogens is 232 g/mol. The Morgan fingerprint density at radius 2 is 2.22 bits per heavy atom. The lowest BCUT2D eigenvalue weighted by Crippen LogP contribution is -2.45. The zero-order valence-electron chi connectivity index (χ0n) is 10.1. The van der Waals surface area contributed by atoms with Crippen molar-refractivity contribution in [3.63, 3.8) is 0 Å². The van der Waals surface area contributed by atoms with Gasteiger partial charge in [0.15, 0.2) is 0 Å². The van der Waals surface area contributed by atoms with Gasteiger partial charge < -0.3 is 14.6 Å². The minimum Gasteiger partial charge on any atom is -0.467 e. The molecule has 5 nitrogen and oxygen atoms in total. The molecule has 18 heavy (non-hydrogen) atoms. The molecular formula is C13H16N2O3. The molecule has 5 heteroatoms.